The highest BCUT2D eigenvalue weighted by Gasteiger charge is 2.11. The molecule has 0 radical (unpaired) electrons. The number of ether oxygens (including phenoxy) is 2. The van der Waals surface area contributed by atoms with E-state index in [0.717, 1.165) is 10.2 Å². The number of nitrogens with zero attached hydrogens (tertiary/aromatic N) is 2. The van der Waals surface area contributed by atoms with Crippen molar-refractivity contribution in [1.82, 2.24) is 4.57 Å². The van der Waals surface area contributed by atoms with Crippen LogP contribution in [0.4, 0.5) is 4.39 Å². The van der Waals surface area contributed by atoms with E-state index >= 15 is 0 Å². The van der Waals surface area contributed by atoms with Gasteiger partial charge in [-0.2, -0.15) is 4.99 Å². The predicted octanol–water partition coefficient (Wildman–Crippen LogP) is 3.14. The van der Waals surface area contributed by atoms with E-state index < -0.39 is 5.91 Å². The highest BCUT2D eigenvalue weighted by Crippen LogP contribution is 2.27. The van der Waals surface area contributed by atoms with Crippen molar-refractivity contribution in [3.8, 4) is 11.5 Å². The molecule has 0 saturated carbocycles. The van der Waals surface area contributed by atoms with Gasteiger partial charge in [0.25, 0.3) is 5.91 Å². The predicted molar refractivity (Wildman–Crippen MR) is 90.2 cm³/mol. The number of hydrogen-bond donors (Lipinski definition) is 0. The Morgan fingerprint density at radius 3 is 2.58 bits per heavy atom. The molecule has 1 aromatic heterocycles. The first-order valence-electron chi connectivity index (χ1n) is 7.09. The molecular formula is C17H15FN2O3S. The molecule has 1 amide bonds. The number of benzene rings is 2. The Labute approximate surface area is 141 Å². The first-order valence-corrected chi connectivity index (χ1v) is 7.91. The maximum atomic E-state index is 13.3. The van der Waals surface area contributed by atoms with Gasteiger partial charge in [-0.3, -0.25) is 4.79 Å². The molecule has 5 nitrogen and oxygen atoms in total. The number of fused-ring (bicyclic) bond motifs is 1. The first-order chi connectivity index (χ1) is 11.5. The summed E-state index contributed by atoms with van der Waals surface area (Å²) in [5, 5.41) is 0. The number of thiazole rings is 1. The quantitative estimate of drug-likeness (QED) is 0.732. The molecule has 0 aliphatic carbocycles. The molecule has 124 valence electrons. The number of halogens is 1. The van der Waals surface area contributed by atoms with Gasteiger partial charge in [0, 0.05) is 12.6 Å². The van der Waals surface area contributed by atoms with Gasteiger partial charge < -0.3 is 14.0 Å². The van der Waals surface area contributed by atoms with Crippen molar-refractivity contribution in [3.05, 3.63) is 52.6 Å². The number of aromatic nitrogens is 1. The second kappa shape index (κ2) is 6.45. The zero-order chi connectivity index (χ0) is 17.3. The summed E-state index contributed by atoms with van der Waals surface area (Å²) in [6.07, 6.45) is 0. The minimum absolute atomic E-state index is 0.317. The first kappa shape index (κ1) is 16.2. The average Bonchev–Trinajstić information content (AvgIpc) is 2.89. The molecule has 24 heavy (non-hydrogen) atoms. The molecule has 0 unspecified atom stereocenters. The lowest BCUT2D eigenvalue weighted by Crippen LogP contribution is -2.13. The van der Waals surface area contributed by atoms with Gasteiger partial charge in [-0.05, 0) is 36.4 Å². The lowest BCUT2D eigenvalue weighted by molar-refractivity contribution is 0.0997. The average molecular weight is 346 g/mol. The lowest BCUT2D eigenvalue weighted by Gasteiger charge is -2.07. The molecule has 0 spiro atoms. The number of methoxy groups -OCH3 is 2. The van der Waals surface area contributed by atoms with Gasteiger partial charge >= 0.3 is 0 Å². The fourth-order valence-corrected chi connectivity index (χ4v) is 3.38. The molecule has 2 aromatic carbocycles. The van der Waals surface area contributed by atoms with E-state index in [4.69, 9.17) is 9.47 Å². The Morgan fingerprint density at radius 2 is 1.88 bits per heavy atom. The van der Waals surface area contributed by atoms with Crippen LogP contribution in [0.5, 0.6) is 11.5 Å². The van der Waals surface area contributed by atoms with Crippen LogP contribution in [0.3, 0.4) is 0 Å². The van der Waals surface area contributed by atoms with Crippen LogP contribution in [-0.4, -0.2) is 24.7 Å². The van der Waals surface area contributed by atoms with E-state index in [1.807, 2.05) is 0 Å². The number of carbonyl (C=O) groups is 1. The topological polar surface area (TPSA) is 52.8 Å². The Morgan fingerprint density at radius 1 is 1.12 bits per heavy atom. The Hall–Kier alpha value is -2.67. The smallest absolute Gasteiger partial charge is 0.279 e. The molecular weight excluding hydrogens is 331 g/mol. The number of amides is 1. The summed E-state index contributed by atoms with van der Waals surface area (Å²) < 4.78 is 26.2. The minimum Gasteiger partial charge on any atom is -0.493 e. The summed E-state index contributed by atoms with van der Waals surface area (Å²) in [7, 11) is 4.82. The summed E-state index contributed by atoms with van der Waals surface area (Å²) in [6, 6.07) is 9.34. The highest BCUT2D eigenvalue weighted by molar-refractivity contribution is 7.16. The molecule has 7 heteroatoms. The Bertz CT molecular complexity index is 991. The van der Waals surface area contributed by atoms with Crippen molar-refractivity contribution in [2.24, 2.45) is 12.0 Å². The lowest BCUT2D eigenvalue weighted by atomic mass is 10.2. The largest absolute Gasteiger partial charge is 0.493 e. The molecule has 0 N–H and O–H groups in total. The van der Waals surface area contributed by atoms with E-state index in [2.05, 4.69) is 4.99 Å². The summed E-state index contributed by atoms with van der Waals surface area (Å²) >= 11 is 1.26. The third-order valence-electron chi connectivity index (χ3n) is 3.60. The number of aryl methyl sites for hydroxylation is 1. The molecule has 3 rings (SSSR count). The van der Waals surface area contributed by atoms with Crippen molar-refractivity contribution >= 4 is 27.5 Å². The Balaban J connectivity index is 2.05. The van der Waals surface area contributed by atoms with Crippen LogP contribution in [0.25, 0.3) is 10.2 Å². The summed E-state index contributed by atoms with van der Waals surface area (Å²) in [6.45, 7) is 0. The molecule has 0 aliphatic heterocycles. The van der Waals surface area contributed by atoms with Gasteiger partial charge in [0.05, 0.1) is 24.4 Å². The fraction of sp³-hybridized carbons (Fsp3) is 0.176. The molecule has 0 saturated heterocycles. The number of carbonyl (C=O) groups excluding carboxylic acids is 1. The van der Waals surface area contributed by atoms with Crippen LogP contribution in [0.1, 0.15) is 10.4 Å². The minimum atomic E-state index is -0.404. The zero-order valence-corrected chi connectivity index (χ0v) is 14.2. The van der Waals surface area contributed by atoms with Gasteiger partial charge in [0.1, 0.15) is 5.82 Å². The van der Waals surface area contributed by atoms with Crippen LogP contribution in [0.15, 0.2) is 41.4 Å². The normalized spacial score (nSPS) is 11.8. The van der Waals surface area contributed by atoms with E-state index in [-0.39, 0.29) is 5.82 Å². The SMILES string of the molecule is COc1ccc(C(=O)N=c2sc3cc(F)ccc3n2C)cc1OC. The van der Waals surface area contributed by atoms with Crippen molar-refractivity contribution in [1.29, 1.82) is 0 Å². The monoisotopic (exact) mass is 346 g/mol. The van der Waals surface area contributed by atoms with Crippen LogP contribution in [0, 0.1) is 5.82 Å². The van der Waals surface area contributed by atoms with Crippen LogP contribution >= 0.6 is 11.3 Å². The molecule has 0 fully saturated rings. The van der Waals surface area contributed by atoms with Crippen LogP contribution in [0.2, 0.25) is 0 Å². The van der Waals surface area contributed by atoms with Gasteiger partial charge in [0.15, 0.2) is 16.3 Å². The zero-order valence-electron chi connectivity index (χ0n) is 13.4. The standard InChI is InChI=1S/C17H15FN2O3S/c1-20-12-6-5-11(18)9-15(12)24-17(20)19-16(21)10-4-7-13(22-2)14(8-10)23-3/h4-9H,1-3H3. The Kier molecular flexibility index (Phi) is 4.35. The third kappa shape index (κ3) is 2.90. The van der Waals surface area contributed by atoms with E-state index in [1.165, 1.54) is 37.7 Å². The van der Waals surface area contributed by atoms with Crippen LogP contribution in [-0.2, 0) is 7.05 Å². The van der Waals surface area contributed by atoms with E-state index in [0.29, 0.717) is 21.9 Å². The molecule has 0 atom stereocenters. The van der Waals surface area contributed by atoms with Gasteiger partial charge in [-0.1, -0.05) is 11.3 Å². The molecule has 0 bridgehead atoms. The fourth-order valence-electron chi connectivity index (χ4n) is 2.34. The maximum absolute atomic E-state index is 13.3. The van der Waals surface area contributed by atoms with Gasteiger partial charge in [-0.15, -0.1) is 0 Å². The summed E-state index contributed by atoms with van der Waals surface area (Å²) in [5.41, 5.74) is 1.21. The second-order valence-corrected chi connectivity index (χ2v) is 6.05. The van der Waals surface area contributed by atoms with Gasteiger partial charge in [0.2, 0.25) is 0 Å². The maximum Gasteiger partial charge on any atom is 0.279 e. The van der Waals surface area contributed by atoms with Crippen molar-refractivity contribution < 1.29 is 18.7 Å². The molecule has 1 heterocycles. The summed E-state index contributed by atoms with van der Waals surface area (Å²) in [4.78, 5) is 17.1. The van der Waals surface area contributed by atoms with Gasteiger partial charge in [-0.25, -0.2) is 4.39 Å². The summed E-state index contributed by atoms with van der Waals surface area (Å²) in [5.74, 6) is 0.277. The molecule has 0 aliphatic rings. The van der Waals surface area contributed by atoms with Crippen molar-refractivity contribution in [2.75, 3.05) is 14.2 Å². The second-order valence-electron chi connectivity index (χ2n) is 5.04. The van der Waals surface area contributed by atoms with E-state index in [1.54, 1.807) is 35.9 Å². The van der Waals surface area contributed by atoms with Crippen molar-refractivity contribution in [3.63, 3.8) is 0 Å². The van der Waals surface area contributed by atoms with Crippen molar-refractivity contribution in [2.45, 2.75) is 0 Å². The number of hydrogen-bond acceptors (Lipinski definition) is 4. The molecule has 3 aromatic rings. The third-order valence-corrected chi connectivity index (χ3v) is 4.69. The highest BCUT2D eigenvalue weighted by atomic mass is 32.1. The number of rotatable bonds is 3. The van der Waals surface area contributed by atoms with E-state index in [9.17, 15) is 9.18 Å². The van der Waals surface area contributed by atoms with Crippen LogP contribution < -0.4 is 14.3 Å².